The topological polar surface area (TPSA) is 92.2 Å². The number of benzene rings is 2. The van der Waals surface area contributed by atoms with Crippen LogP contribution in [0, 0.1) is 11.7 Å². The van der Waals surface area contributed by atoms with Crippen molar-refractivity contribution < 1.29 is 14.3 Å². The van der Waals surface area contributed by atoms with Gasteiger partial charge in [-0.2, -0.15) is 5.10 Å². The molecular formula is C20H17N5O3S2. The lowest BCUT2D eigenvalue weighted by molar-refractivity contribution is -0.123. The van der Waals surface area contributed by atoms with E-state index in [0.717, 1.165) is 11.1 Å². The molecule has 2 N–H and O–H groups in total. The van der Waals surface area contributed by atoms with E-state index in [1.54, 1.807) is 0 Å². The number of ether oxygens (including phenoxy) is 1. The normalized spacial score (nSPS) is 20.0. The van der Waals surface area contributed by atoms with Crippen molar-refractivity contribution in [1.82, 2.24) is 14.9 Å². The number of carbonyl (C=O) groups is 2. The highest BCUT2D eigenvalue weighted by Crippen LogP contribution is 2.51. The van der Waals surface area contributed by atoms with Gasteiger partial charge in [0.1, 0.15) is 12.4 Å². The molecule has 1 atom stereocenters. The maximum Gasteiger partial charge on any atom is 0.267 e. The van der Waals surface area contributed by atoms with Crippen LogP contribution in [0.4, 0.5) is 5.69 Å². The Morgan fingerprint density at radius 2 is 1.97 bits per heavy atom. The van der Waals surface area contributed by atoms with Crippen molar-refractivity contribution in [2.75, 3.05) is 16.1 Å². The molecule has 5 rings (SSSR count). The monoisotopic (exact) mass is 439 g/mol. The summed E-state index contributed by atoms with van der Waals surface area (Å²) in [6.45, 7) is 2.07. The Morgan fingerprint density at radius 1 is 1.20 bits per heavy atom. The summed E-state index contributed by atoms with van der Waals surface area (Å²) in [5.41, 5.74) is 2.53. The van der Waals surface area contributed by atoms with Gasteiger partial charge in [-0.05, 0) is 37.3 Å². The van der Waals surface area contributed by atoms with Gasteiger partial charge in [-0.1, -0.05) is 35.9 Å². The van der Waals surface area contributed by atoms with Crippen LogP contribution in [0.3, 0.4) is 0 Å². The minimum Gasteiger partial charge on any atom is -0.486 e. The summed E-state index contributed by atoms with van der Waals surface area (Å²) in [5.74, 6) is 0.691. The Balaban J connectivity index is 1.56. The van der Waals surface area contributed by atoms with E-state index in [2.05, 4.69) is 15.5 Å². The molecule has 8 nitrogen and oxygen atoms in total. The van der Waals surface area contributed by atoms with E-state index < -0.39 is 4.87 Å². The number of rotatable bonds is 4. The number of hydrogen-bond acceptors (Lipinski definition) is 6. The van der Waals surface area contributed by atoms with Crippen LogP contribution in [-0.2, 0) is 21.1 Å². The van der Waals surface area contributed by atoms with Crippen molar-refractivity contribution in [2.24, 2.45) is 0 Å². The van der Waals surface area contributed by atoms with Crippen LogP contribution in [0.2, 0.25) is 0 Å². The van der Waals surface area contributed by atoms with Crippen LogP contribution < -0.4 is 15.1 Å². The zero-order valence-corrected chi connectivity index (χ0v) is 17.5. The lowest BCUT2D eigenvalue weighted by Crippen LogP contribution is -2.54. The molecule has 1 saturated heterocycles. The molecular weight excluding hydrogens is 422 g/mol. The number of amides is 2. The molecule has 3 heterocycles. The van der Waals surface area contributed by atoms with Crippen molar-refractivity contribution in [3.63, 3.8) is 0 Å². The lowest BCUT2D eigenvalue weighted by Gasteiger charge is -2.32. The van der Waals surface area contributed by atoms with Gasteiger partial charge in [0.2, 0.25) is 9.64 Å². The number of aromatic nitrogens is 3. The van der Waals surface area contributed by atoms with Gasteiger partial charge >= 0.3 is 0 Å². The fourth-order valence-electron chi connectivity index (χ4n) is 3.69. The Labute approximate surface area is 181 Å². The average Bonchev–Trinajstić information content (AvgIpc) is 3.36. The molecule has 152 valence electrons. The molecule has 3 aromatic rings. The van der Waals surface area contributed by atoms with E-state index in [0.29, 0.717) is 17.3 Å². The number of nitrogens with one attached hydrogen (secondary N) is 2. The van der Waals surface area contributed by atoms with Crippen LogP contribution in [0.25, 0.3) is 0 Å². The third-order valence-corrected chi connectivity index (χ3v) is 6.75. The summed E-state index contributed by atoms with van der Waals surface area (Å²) < 4.78 is 7.54. The third-order valence-electron chi connectivity index (χ3n) is 5.09. The molecule has 1 spiro atoms. The first-order chi connectivity index (χ1) is 14.5. The summed E-state index contributed by atoms with van der Waals surface area (Å²) in [4.78, 5) is 24.8. The number of H-pyrrole nitrogens is 1. The van der Waals surface area contributed by atoms with Gasteiger partial charge in [0.25, 0.3) is 11.8 Å². The predicted molar refractivity (Wildman–Crippen MR) is 115 cm³/mol. The number of thioether (sulfide) groups is 1. The maximum absolute atomic E-state index is 13.1. The number of fused-ring (bicyclic) bond motifs is 2. The van der Waals surface area contributed by atoms with Gasteiger partial charge in [-0.3, -0.25) is 14.7 Å². The standard InChI is InChI=1S/C20H17N5O3S2/c1-12-6-8-13(9-7-12)28-10-16-22-23-19(29)24(16)25-17(26)11-30-20(25)14-4-2-3-5-15(14)21-18(20)27/h2-9H,10-11H2,1H3,(H,21,27)(H,23,29). The molecule has 30 heavy (non-hydrogen) atoms. The van der Waals surface area contributed by atoms with Gasteiger partial charge in [-0.25, -0.2) is 9.69 Å². The highest BCUT2D eigenvalue weighted by Gasteiger charge is 2.59. The van der Waals surface area contributed by atoms with Crippen molar-refractivity contribution >= 4 is 41.5 Å². The average molecular weight is 440 g/mol. The molecule has 1 aromatic heterocycles. The number of carbonyl (C=O) groups excluding carboxylic acids is 2. The summed E-state index contributed by atoms with van der Waals surface area (Å²) in [6, 6.07) is 15.0. The lowest BCUT2D eigenvalue weighted by atomic mass is 10.1. The molecule has 0 radical (unpaired) electrons. The number of para-hydroxylation sites is 1. The molecule has 1 unspecified atom stereocenters. The van der Waals surface area contributed by atoms with E-state index in [-0.39, 0.29) is 28.9 Å². The van der Waals surface area contributed by atoms with Crippen LogP contribution in [0.15, 0.2) is 48.5 Å². The summed E-state index contributed by atoms with van der Waals surface area (Å²) >= 11 is 6.69. The first-order valence-electron chi connectivity index (χ1n) is 9.25. The zero-order valence-electron chi connectivity index (χ0n) is 15.9. The summed E-state index contributed by atoms with van der Waals surface area (Å²) in [5, 5.41) is 11.3. The molecule has 1 fully saturated rings. The third kappa shape index (κ3) is 2.75. The minimum atomic E-state index is -1.24. The zero-order chi connectivity index (χ0) is 20.9. The van der Waals surface area contributed by atoms with Crippen LogP contribution in [-0.4, -0.2) is 32.4 Å². The van der Waals surface area contributed by atoms with Crippen LogP contribution in [0.1, 0.15) is 17.0 Å². The van der Waals surface area contributed by atoms with E-state index in [4.69, 9.17) is 17.0 Å². The molecule has 2 amide bonds. The molecule has 2 aliphatic rings. The SMILES string of the molecule is Cc1ccc(OCc2n[nH]c(=S)n2N2C(=O)CSC23C(=O)Nc2ccccc23)cc1. The second-order valence-corrected chi connectivity index (χ2v) is 8.55. The number of nitrogens with zero attached hydrogens (tertiary/aromatic N) is 3. The van der Waals surface area contributed by atoms with Gasteiger partial charge in [-0.15, -0.1) is 11.8 Å². The molecule has 0 saturated carbocycles. The largest absolute Gasteiger partial charge is 0.486 e. The van der Waals surface area contributed by atoms with Gasteiger partial charge in [0.15, 0.2) is 5.82 Å². The summed E-state index contributed by atoms with van der Waals surface area (Å²) in [7, 11) is 0. The highest BCUT2D eigenvalue weighted by molar-refractivity contribution is 8.02. The van der Waals surface area contributed by atoms with Crippen molar-refractivity contribution in [3.05, 3.63) is 70.3 Å². The fourth-order valence-corrected chi connectivity index (χ4v) is 5.20. The number of aryl methyl sites for hydroxylation is 1. The Bertz CT molecular complexity index is 1220. The van der Waals surface area contributed by atoms with Gasteiger partial charge in [0.05, 0.1) is 5.75 Å². The Morgan fingerprint density at radius 3 is 2.77 bits per heavy atom. The molecule has 0 aliphatic carbocycles. The van der Waals surface area contributed by atoms with E-state index in [1.165, 1.54) is 21.4 Å². The quantitative estimate of drug-likeness (QED) is 0.608. The van der Waals surface area contributed by atoms with Crippen molar-refractivity contribution in [1.29, 1.82) is 0 Å². The van der Waals surface area contributed by atoms with Crippen LogP contribution in [0.5, 0.6) is 5.75 Å². The summed E-state index contributed by atoms with van der Waals surface area (Å²) in [6.07, 6.45) is 0. The van der Waals surface area contributed by atoms with E-state index >= 15 is 0 Å². The van der Waals surface area contributed by atoms with Gasteiger partial charge in [0, 0.05) is 11.3 Å². The molecule has 2 aromatic carbocycles. The molecule has 2 aliphatic heterocycles. The maximum atomic E-state index is 13.1. The Hall–Kier alpha value is -3.11. The van der Waals surface area contributed by atoms with Crippen molar-refractivity contribution in [3.8, 4) is 5.75 Å². The van der Waals surface area contributed by atoms with Gasteiger partial charge < -0.3 is 10.1 Å². The second-order valence-electron chi connectivity index (χ2n) is 7.00. The number of aromatic amines is 1. The molecule has 10 heteroatoms. The number of hydrogen-bond donors (Lipinski definition) is 2. The first kappa shape index (κ1) is 18.9. The van der Waals surface area contributed by atoms with E-state index in [1.807, 2.05) is 55.5 Å². The highest BCUT2D eigenvalue weighted by atomic mass is 32.2. The first-order valence-corrected chi connectivity index (χ1v) is 10.6. The predicted octanol–water partition coefficient (Wildman–Crippen LogP) is 2.84. The van der Waals surface area contributed by atoms with Crippen LogP contribution >= 0.6 is 24.0 Å². The molecule has 0 bridgehead atoms. The fraction of sp³-hybridized carbons (Fsp3) is 0.200. The minimum absolute atomic E-state index is 0.0734. The Kier molecular flexibility index (Phi) is 4.40. The second kappa shape index (κ2) is 6.99. The number of anilines is 1. The smallest absolute Gasteiger partial charge is 0.267 e. The van der Waals surface area contributed by atoms with Crippen molar-refractivity contribution in [2.45, 2.75) is 18.4 Å². The van der Waals surface area contributed by atoms with E-state index in [9.17, 15) is 9.59 Å².